The molecule has 35 heavy (non-hydrogen) atoms. The number of carbonyl (C=O) groups is 3. The van der Waals surface area contributed by atoms with E-state index < -0.39 is 17.8 Å². The van der Waals surface area contributed by atoms with E-state index in [1.807, 2.05) is 49.4 Å². The van der Waals surface area contributed by atoms with Crippen molar-refractivity contribution in [2.45, 2.75) is 6.92 Å². The molecule has 0 radical (unpaired) electrons. The van der Waals surface area contributed by atoms with Crippen molar-refractivity contribution in [2.75, 3.05) is 5.32 Å². The minimum atomic E-state index is -0.943. The summed E-state index contributed by atoms with van der Waals surface area (Å²) >= 11 is 5.89. The molecule has 2 amide bonds. The molecular formula is C27H20ClN3O4. The minimum Gasteiger partial charge on any atom is -0.422 e. The standard InChI is InChI=1S/C27H20ClN3O4/c1-17-6-13-21(14-7-17)30-25(32)26(33)31-29-16-23-22-5-3-2-4-18(22)10-15-24(23)35-27(34)19-8-11-20(28)12-9-19/h2-16H,1H3,(H,30,32)(H,31,33)/b29-16-. The summed E-state index contributed by atoms with van der Waals surface area (Å²) in [7, 11) is 0. The highest BCUT2D eigenvalue weighted by molar-refractivity contribution is 6.39. The molecule has 174 valence electrons. The number of carbonyl (C=O) groups excluding carboxylic acids is 3. The van der Waals surface area contributed by atoms with Crippen LogP contribution in [0.15, 0.2) is 90.0 Å². The number of esters is 1. The molecule has 4 rings (SSSR count). The Morgan fingerprint density at radius 2 is 1.57 bits per heavy atom. The Hall–Kier alpha value is -4.49. The molecule has 0 aliphatic rings. The van der Waals surface area contributed by atoms with Crippen LogP contribution in [0.25, 0.3) is 10.8 Å². The number of hydrazone groups is 1. The maximum atomic E-state index is 12.6. The van der Waals surface area contributed by atoms with E-state index in [4.69, 9.17) is 16.3 Å². The van der Waals surface area contributed by atoms with Gasteiger partial charge >= 0.3 is 17.8 Å². The van der Waals surface area contributed by atoms with Gasteiger partial charge in [-0.3, -0.25) is 9.59 Å². The number of rotatable bonds is 5. The van der Waals surface area contributed by atoms with E-state index in [-0.39, 0.29) is 5.75 Å². The monoisotopic (exact) mass is 485 g/mol. The summed E-state index contributed by atoms with van der Waals surface area (Å²) in [6.45, 7) is 1.92. The third-order valence-electron chi connectivity index (χ3n) is 5.09. The second kappa shape index (κ2) is 10.6. The summed E-state index contributed by atoms with van der Waals surface area (Å²) in [5.74, 6) is -2.14. The van der Waals surface area contributed by atoms with Gasteiger partial charge in [-0.1, -0.05) is 59.6 Å². The van der Waals surface area contributed by atoms with E-state index in [1.54, 1.807) is 42.5 Å². The van der Waals surface area contributed by atoms with Gasteiger partial charge in [0.1, 0.15) is 5.75 Å². The molecule has 0 spiro atoms. The summed E-state index contributed by atoms with van der Waals surface area (Å²) < 4.78 is 5.61. The SMILES string of the molecule is Cc1ccc(NC(=O)C(=O)N/N=C\c2c(OC(=O)c3ccc(Cl)cc3)ccc3ccccc23)cc1. The van der Waals surface area contributed by atoms with Gasteiger partial charge in [-0.2, -0.15) is 5.10 Å². The van der Waals surface area contributed by atoms with Crippen molar-refractivity contribution in [3.05, 3.63) is 107 Å². The lowest BCUT2D eigenvalue weighted by Crippen LogP contribution is -2.32. The Balaban J connectivity index is 1.53. The molecule has 7 nitrogen and oxygen atoms in total. The van der Waals surface area contributed by atoms with Gasteiger partial charge in [-0.05, 0) is 60.2 Å². The van der Waals surface area contributed by atoms with Crippen molar-refractivity contribution in [3.63, 3.8) is 0 Å². The van der Waals surface area contributed by atoms with E-state index in [0.717, 1.165) is 16.3 Å². The van der Waals surface area contributed by atoms with Gasteiger partial charge in [-0.25, -0.2) is 10.2 Å². The number of hydrogen-bond donors (Lipinski definition) is 2. The number of nitrogens with one attached hydrogen (secondary N) is 2. The number of benzene rings is 4. The van der Waals surface area contributed by atoms with E-state index in [9.17, 15) is 14.4 Å². The van der Waals surface area contributed by atoms with Crippen molar-refractivity contribution < 1.29 is 19.1 Å². The molecule has 8 heteroatoms. The number of ether oxygens (including phenoxy) is 1. The van der Waals surface area contributed by atoms with Gasteiger partial charge in [-0.15, -0.1) is 0 Å². The zero-order valence-corrected chi connectivity index (χ0v) is 19.4. The van der Waals surface area contributed by atoms with Crippen LogP contribution in [-0.4, -0.2) is 24.0 Å². The van der Waals surface area contributed by atoms with Crippen molar-refractivity contribution in [3.8, 4) is 5.75 Å². The molecular weight excluding hydrogens is 466 g/mol. The summed E-state index contributed by atoms with van der Waals surface area (Å²) in [6.07, 6.45) is 1.34. The molecule has 0 bridgehead atoms. The topological polar surface area (TPSA) is 96.9 Å². The van der Waals surface area contributed by atoms with Crippen LogP contribution in [0.4, 0.5) is 5.69 Å². The number of nitrogens with zero attached hydrogens (tertiary/aromatic N) is 1. The first kappa shape index (κ1) is 23.7. The zero-order chi connectivity index (χ0) is 24.8. The summed E-state index contributed by atoms with van der Waals surface area (Å²) in [5.41, 5.74) is 4.52. The summed E-state index contributed by atoms with van der Waals surface area (Å²) in [4.78, 5) is 37.0. The van der Waals surface area contributed by atoms with Gasteiger partial charge in [0.25, 0.3) is 0 Å². The quantitative estimate of drug-likeness (QED) is 0.135. The van der Waals surface area contributed by atoms with Crippen molar-refractivity contribution in [1.29, 1.82) is 0 Å². The predicted octanol–water partition coefficient (Wildman–Crippen LogP) is 5.11. The van der Waals surface area contributed by atoms with E-state index in [0.29, 0.717) is 21.8 Å². The highest BCUT2D eigenvalue weighted by atomic mass is 35.5. The average Bonchev–Trinajstić information content (AvgIpc) is 2.86. The largest absolute Gasteiger partial charge is 0.422 e. The molecule has 0 atom stereocenters. The third-order valence-corrected chi connectivity index (χ3v) is 5.34. The molecule has 0 saturated heterocycles. The fourth-order valence-corrected chi connectivity index (χ4v) is 3.40. The normalized spacial score (nSPS) is 10.8. The van der Waals surface area contributed by atoms with Crippen LogP contribution >= 0.6 is 11.6 Å². The van der Waals surface area contributed by atoms with Gasteiger partial charge in [0.15, 0.2) is 0 Å². The van der Waals surface area contributed by atoms with E-state index >= 15 is 0 Å². The highest BCUT2D eigenvalue weighted by Crippen LogP contribution is 2.27. The molecule has 4 aromatic carbocycles. The Morgan fingerprint density at radius 1 is 0.857 bits per heavy atom. The first-order chi connectivity index (χ1) is 16.9. The number of hydrogen-bond acceptors (Lipinski definition) is 5. The molecule has 4 aromatic rings. The molecule has 2 N–H and O–H groups in total. The predicted molar refractivity (Wildman–Crippen MR) is 136 cm³/mol. The van der Waals surface area contributed by atoms with Crippen LogP contribution in [0.1, 0.15) is 21.5 Å². The van der Waals surface area contributed by atoms with Crippen LogP contribution in [0.3, 0.4) is 0 Å². The number of amides is 2. The van der Waals surface area contributed by atoms with Gasteiger partial charge in [0, 0.05) is 16.3 Å². The zero-order valence-electron chi connectivity index (χ0n) is 18.6. The molecule has 0 fully saturated rings. The van der Waals surface area contributed by atoms with Crippen molar-refractivity contribution in [1.82, 2.24) is 5.43 Å². The Kier molecular flexibility index (Phi) is 7.18. The molecule has 0 aromatic heterocycles. The average molecular weight is 486 g/mol. The van der Waals surface area contributed by atoms with Crippen LogP contribution in [-0.2, 0) is 9.59 Å². The number of anilines is 1. The first-order valence-electron chi connectivity index (χ1n) is 10.6. The molecule has 0 aliphatic carbocycles. The fraction of sp³-hybridized carbons (Fsp3) is 0.0370. The highest BCUT2D eigenvalue weighted by Gasteiger charge is 2.15. The Morgan fingerprint density at radius 3 is 2.31 bits per heavy atom. The molecule has 0 aliphatic heterocycles. The van der Waals surface area contributed by atoms with E-state index in [1.165, 1.54) is 6.21 Å². The van der Waals surface area contributed by atoms with Crippen LogP contribution < -0.4 is 15.5 Å². The Bertz CT molecular complexity index is 1430. The Labute approximate surface area is 206 Å². The van der Waals surface area contributed by atoms with Crippen molar-refractivity contribution >= 4 is 52.1 Å². The first-order valence-corrected chi connectivity index (χ1v) is 11.0. The fourth-order valence-electron chi connectivity index (χ4n) is 3.27. The smallest absolute Gasteiger partial charge is 0.343 e. The third kappa shape index (κ3) is 5.90. The van der Waals surface area contributed by atoms with Crippen molar-refractivity contribution in [2.24, 2.45) is 5.10 Å². The van der Waals surface area contributed by atoms with Gasteiger partial charge in [0.2, 0.25) is 0 Å². The van der Waals surface area contributed by atoms with Crippen LogP contribution in [0, 0.1) is 6.92 Å². The lowest BCUT2D eigenvalue weighted by Gasteiger charge is -2.10. The minimum absolute atomic E-state index is 0.241. The lowest BCUT2D eigenvalue weighted by molar-refractivity contribution is -0.136. The second-order valence-corrected chi connectivity index (χ2v) is 8.05. The number of halogens is 1. The summed E-state index contributed by atoms with van der Waals surface area (Å²) in [5, 5.41) is 8.56. The lowest BCUT2D eigenvalue weighted by atomic mass is 10.0. The summed E-state index contributed by atoms with van der Waals surface area (Å²) in [6, 6.07) is 24.2. The van der Waals surface area contributed by atoms with Crippen LogP contribution in [0.2, 0.25) is 5.02 Å². The maximum absolute atomic E-state index is 12.6. The number of aryl methyl sites for hydroxylation is 1. The van der Waals surface area contributed by atoms with Gasteiger partial charge in [0.05, 0.1) is 11.8 Å². The van der Waals surface area contributed by atoms with Crippen LogP contribution in [0.5, 0.6) is 5.75 Å². The van der Waals surface area contributed by atoms with Gasteiger partial charge < -0.3 is 10.1 Å². The second-order valence-electron chi connectivity index (χ2n) is 7.61. The molecule has 0 unspecified atom stereocenters. The molecule has 0 saturated carbocycles. The maximum Gasteiger partial charge on any atom is 0.343 e. The number of fused-ring (bicyclic) bond motifs is 1. The van der Waals surface area contributed by atoms with E-state index in [2.05, 4.69) is 15.8 Å². The molecule has 0 heterocycles.